The fourth-order valence-corrected chi connectivity index (χ4v) is 1.07. The molecule has 1 aromatic heterocycles. The first-order chi connectivity index (χ1) is 7.13. The number of rotatable bonds is 3. The number of esters is 1. The molecular formula is C11H13NO3. The fraction of sp³-hybridized carbons (Fsp3) is 0.273. The van der Waals surface area contributed by atoms with Crippen LogP contribution >= 0.6 is 0 Å². The molecule has 0 aliphatic carbocycles. The summed E-state index contributed by atoms with van der Waals surface area (Å²) in [5, 5.41) is 0. The van der Waals surface area contributed by atoms with Crippen LogP contribution in [0, 0.1) is 6.92 Å². The van der Waals surface area contributed by atoms with Gasteiger partial charge in [-0.2, -0.15) is 0 Å². The third kappa shape index (κ3) is 3.42. The molecule has 4 nitrogen and oxygen atoms in total. The molecule has 1 rings (SSSR count). The van der Waals surface area contributed by atoms with E-state index < -0.39 is 0 Å². The summed E-state index contributed by atoms with van der Waals surface area (Å²) in [5.74, 6) is -0.388. The molecule has 0 atom stereocenters. The Balaban J connectivity index is 2.77. The zero-order valence-electron chi connectivity index (χ0n) is 8.74. The average molecular weight is 207 g/mol. The average Bonchev–Trinajstić information content (AvgIpc) is 2.20. The van der Waals surface area contributed by atoms with Crippen LogP contribution < -0.4 is 5.56 Å². The Labute approximate surface area is 87.6 Å². The van der Waals surface area contributed by atoms with E-state index in [-0.39, 0.29) is 11.5 Å². The van der Waals surface area contributed by atoms with Crippen molar-refractivity contribution in [3.05, 3.63) is 39.8 Å². The molecule has 0 aliphatic heterocycles. The summed E-state index contributed by atoms with van der Waals surface area (Å²) in [6.07, 6.45) is 4.47. The first-order valence-corrected chi connectivity index (χ1v) is 4.67. The summed E-state index contributed by atoms with van der Waals surface area (Å²) in [6, 6.07) is 1.70. The number of aromatic amines is 1. The van der Waals surface area contributed by atoms with Crippen molar-refractivity contribution in [1.29, 1.82) is 0 Å². The monoisotopic (exact) mass is 207 g/mol. The van der Waals surface area contributed by atoms with Crippen LogP contribution in [0.3, 0.4) is 0 Å². The van der Waals surface area contributed by atoms with Gasteiger partial charge in [0.25, 0.3) is 5.56 Å². The molecule has 80 valence electrons. The minimum atomic E-state index is -0.388. The number of H-pyrrole nitrogens is 1. The summed E-state index contributed by atoms with van der Waals surface area (Å²) in [5.41, 5.74) is 1.25. The number of pyridine rings is 1. The number of hydrogen-bond donors (Lipinski definition) is 1. The molecule has 0 aromatic carbocycles. The van der Waals surface area contributed by atoms with Gasteiger partial charge in [-0.25, -0.2) is 4.79 Å². The lowest BCUT2D eigenvalue weighted by Gasteiger charge is -1.96. The van der Waals surface area contributed by atoms with Crippen molar-refractivity contribution in [2.75, 3.05) is 6.61 Å². The summed E-state index contributed by atoms with van der Waals surface area (Å²) < 4.78 is 4.72. The molecule has 0 radical (unpaired) electrons. The highest BCUT2D eigenvalue weighted by atomic mass is 16.5. The van der Waals surface area contributed by atoms with Crippen molar-refractivity contribution in [2.45, 2.75) is 13.8 Å². The Morgan fingerprint density at radius 3 is 2.93 bits per heavy atom. The second-order valence-electron chi connectivity index (χ2n) is 3.03. The number of hydrogen-bond acceptors (Lipinski definition) is 3. The van der Waals surface area contributed by atoms with Crippen LogP contribution in [0.15, 0.2) is 23.1 Å². The van der Waals surface area contributed by atoms with E-state index in [0.29, 0.717) is 12.2 Å². The van der Waals surface area contributed by atoms with E-state index in [9.17, 15) is 9.59 Å². The van der Waals surface area contributed by atoms with E-state index in [1.807, 2.05) is 0 Å². The van der Waals surface area contributed by atoms with Crippen molar-refractivity contribution in [3.63, 3.8) is 0 Å². The van der Waals surface area contributed by atoms with Gasteiger partial charge in [0.1, 0.15) is 0 Å². The molecule has 15 heavy (non-hydrogen) atoms. The molecule has 1 aromatic rings. The minimum absolute atomic E-state index is 0.122. The van der Waals surface area contributed by atoms with E-state index in [1.165, 1.54) is 6.08 Å². The first kappa shape index (κ1) is 11.2. The Kier molecular flexibility index (Phi) is 3.85. The molecule has 0 fully saturated rings. The molecule has 0 bridgehead atoms. The van der Waals surface area contributed by atoms with E-state index in [2.05, 4.69) is 4.98 Å². The van der Waals surface area contributed by atoms with Crippen LogP contribution in [0.25, 0.3) is 6.08 Å². The largest absolute Gasteiger partial charge is 0.463 e. The maximum absolute atomic E-state index is 11.0. The van der Waals surface area contributed by atoms with Crippen LogP contribution in [-0.4, -0.2) is 17.6 Å². The first-order valence-electron chi connectivity index (χ1n) is 4.67. The minimum Gasteiger partial charge on any atom is -0.463 e. The topological polar surface area (TPSA) is 59.2 Å². The molecule has 0 spiro atoms. The maximum atomic E-state index is 11.0. The van der Waals surface area contributed by atoms with Gasteiger partial charge in [-0.1, -0.05) is 0 Å². The van der Waals surface area contributed by atoms with Crippen LogP contribution in [0.1, 0.15) is 18.1 Å². The third-order valence-electron chi connectivity index (χ3n) is 1.81. The van der Waals surface area contributed by atoms with Gasteiger partial charge in [-0.3, -0.25) is 4.79 Å². The Morgan fingerprint density at radius 1 is 1.60 bits per heavy atom. The van der Waals surface area contributed by atoms with Gasteiger partial charge in [-0.15, -0.1) is 0 Å². The lowest BCUT2D eigenvalue weighted by Crippen LogP contribution is -2.08. The predicted octanol–water partition coefficient (Wildman–Crippen LogP) is 1.26. The van der Waals surface area contributed by atoms with Gasteiger partial charge in [-0.05, 0) is 31.6 Å². The number of carbonyl (C=O) groups is 1. The normalized spacial score (nSPS) is 10.5. The molecule has 1 N–H and O–H groups in total. The maximum Gasteiger partial charge on any atom is 0.330 e. The molecule has 1 heterocycles. The van der Waals surface area contributed by atoms with Gasteiger partial charge >= 0.3 is 5.97 Å². The highest BCUT2D eigenvalue weighted by molar-refractivity contribution is 5.86. The lowest BCUT2D eigenvalue weighted by atomic mass is 10.2. The van der Waals surface area contributed by atoms with Crippen LogP contribution in [0.5, 0.6) is 0 Å². The van der Waals surface area contributed by atoms with E-state index in [4.69, 9.17) is 4.74 Å². The smallest absolute Gasteiger partial charge is 0.330 e. The summed E-state index contributed by atoms with van der Waals surface area (Å²) in [6.45, 7) is 3.81. The molecule has 0 saturated carbocycles. The molecule has 4 heteroatoms. The lowest BCUT2D eigenvalue weighted by molar-refractivity contribution is -0.137. The summed E-state index contributed by atoms with van der Waals surface area (Å²) in [7, 11) is 0. The second kappa shape index (κ2) is 5.14. The van der Waals surface area contributed by atoms with Gasteiger partial charge in [0.2, 0.25) is 0 Å². The molecule has 0 aliphatic rings. The van der Waals surface area contributed by atoms with E-state index >= 15 is 0 Å². The Hall–Kier alpha value is -1.84. The highest BCUT2D eigenvalue weighted by Gasteiger charge is 1.96. The molecule has 0 unspecified atom stereocenters. The van der Waals surface area contributed by atoms with Crippen LogP contribution in [0.4, 0.5) is 0 Å². The number of nitrogens with one attached hydrogen (secondary N) is 1. The fourth-order valence-electron chi connectivity index (χ4n) is 1.07. The quantitative estimate of drug-likeness (QED) is 0.599. The zero-order chi connectivity index (χ0) is 11.3. The van der Waals surface area contributed by atoms with Gasteiger partial charge < -0.3 is 9.72 Å². The number of carbonyl (C=O) groups excluding carboxylic acids is 1. The summed E-state index contributed by atoms with van der Waals surface area (Å²) in [4.78, 5) is 24.6. The van der Waals surface area contributed by atoms with Crippen molar-refractivity contribution in [3.8, 4) is 0 Å². The molecule has 0 saturated heterocycles. The van der Waals surface area contributed by atoms with Crippen molar-refractivity contribution >= 4 is 12.0 Å². The van der Waals surface area contributed by atoms with Crippen molar-refractivity contribution < 1.29 is 9.53 Å². The number of aromatic nitrogens is 1. The van der Waals surface area contributed by atoms with Gasteiger partial charge in [0, 0.05) is 17.8 Å². The summed E-state index contributed by atoms with van der Waals surface area (Å²) >= 11 is 0. The highest BCUT2D eigenvalue weighted by Crippen LogP contribution is 2.00. The predicted molar refractivity (Wildman–Crippen MR) is 57.5 cm³/mol. The molecular weight excluding hydrogens is 194 g/mol. The van der Waals surface area contributed by atoms with Crippen LogP contribution in [0.2, 0.25) is 0 Å². The zero-order valence-corrected chi connectivity index (χ0v) is 8.74. The van der Waals surface area contributed by atoms with Crippen molar-refractivity contribution in [1.82, 2.24) is 4.98 Å². The number of aryl methyl sites for hydroxylation is 1. The van der Waals surface area contributed by atoms with Crippen molar-refractivity contribution in [2.24, 2.45) is 0 Å². The third-order valence-corrected chi connectivity index (χ3v) is 1.81. The van der Waals surface area contributed by atoms with Crippen LogP contribution in [-0.2, 0) is 9.53 Å². The van der Waals surface area contributed by atoms with Gasteiger partial charge in [0.05, 0.1) is 6.61 Å². The Morgan fingerprint density at radius 2 is 2.33 bits per heavy atom. The van der Waals surface area contributed by atoms with Gasteiger partial charge in [0.15, 0.2) is 0 Å². The van der Waals surface area contributed by atoms with E-state index in [1.54, 1.807) is 32.2 Å². The Bertz CT molecular complexity index is 432. The SMILES string of the molecule is CCOC(=O)C=Cc1c[nH]c(=O)c(C)c1. The second-order valence-corrected chi connectivity index (χ2v) is 3.03. The molecule has 0 amide bonds. The van der Waals surface area contributed by atoms with E-state index in [0.717, 1.165) is 5.56 Å². The standard InChI is InChI=1S/C11H13NO3/c1-3-15-10(13)5-4-9-6-8(2)11(14)12-7-9/h4-7H,3H2,1-2H3,(H,12,14). The number of ether oxygens (including phenoxy) is 1.